The lowest BCUT2D eigenvalue weighted by atomic mass is 9.95. The third-order valence-electron chi connectivity index (χ3n) is 4.88. The number of hydrogen-bond acceptors (Lipinski definition) is 5. The van der Waals surface area contributed by atoms with E-state index >= 15 is 0 Å². The van der Waals surface area contributed by atoms with Gasteiger partial charge in [-0.2, -0.15) is 0 Å². The van der Waals surface area contributed by atoms with Crippen LogP contribution in [0.1, 0.15) is 26.2 Å². The number of hydrogen-bond donors (Lipinski definition) is 2. The van der Waals surface area contributed by atoms with Gasteiger partial charge in [0.25, 0.3) is 0 Å². The summed E-state index contributed by atoms with van der Waals surface area (Å²) in [5.41, 5.74) is 1.69. The van der Waals surface area contributed by atoms with Crippen molar-refractivity contribution in [3.63, 3.8) is 0 Å². The van der Waals surface area contributed by atoms with E-state index in [0.29, 0.717) is 0 Å². The SMILES string of the molecule is CCCNC(=O)C1CCN(c2nc[nH]c3cnc4nccc4c23)CC1. The lowest BCUT2D eigenvalue weighted by molar-refractivity contribution is -0.125. The Labute approximate surface area is 145 Å². The molecule has 1 saturated heterocycles. The van der Waals surface area contributed by atoms with Gasteiger partial charge in [-0.15, -0.1) is 0 Å². The van der Waals surface area contributed by atoms with Gasteiger partial charge < -0.3 is 15.2 Å². The fraction of sp³-hybridized carbons (Fsp3) is 0.444. The van der Waals surface area contributed by atoms with Crippen molar-refractivity contribution in [2.45, 2.75) is 26.2 Å². The molecule has 1 fully saturated rings. The zero-order chi connectivity index (χ0) is 17.2. The monoisotopic (exact) mass is 338 g/mol. The van der Waals surface area contributed by atoms with Crippen molar-refractivity contribution in [3.8, 4) is 0 Å². The van der Waals surface area contributed by atoms with Gasteiger partial charge in [0.05, 0.1) is 23.4 Å². The molecule has 0 spiro atoms. The second kappa shape index (κ2) is 6.66. The van der Waals surface area contributed by atoms with Crippen molar-refractivity contribution in [1.82, 2.24) is 25.3 Å². The number of pyridine rings is 1. The molecule has 0 aromatic carbocycles. The summed E-state index contributed by atoms with van der Waals surface area (Å²) in [6, 6.07) is 1.98. The molecular weight excluding hydrogens is 316 g/mol. The molecule has 1 amide bonds. The number of fused-ring (bicyclic) bond motifs is 3. The van der Waals surface area contributed by atoms with Crippen LogP contribution < -0.4 is 10.2 Å². The minimum atomic E-state index is 0.103. The molecule has 0 radical (unpaired) electrons. The number of rotatable bonds is 4. The number of H-pyrrole nitrogens is 1. The molecule has 1 aliphatic rings. The van der Waals surface area contributed by atoms with Crippen molar-refractivity contribution in [1.29, 1.82) is 0 Å². The molecule has 4 rings (SSSR count). The Hall–Kier alpha value is -2.70. The third-order valence-corrected chi connectivity index (χ3v) is 4.88. The molecule has 0 atom stereocenters. The zero-order valence-electron chi connectivity index (χ0n) is 14.3. The van der Waals surface area contributed by atoms with E-state index in [0.717, 1.165) is 66.7 Å². The van der Waals surface area contributed by atoms with Crippen LogP contribution in [-0.2, 0) is 4.79 Å². The first-order valence-electron chi connectivity index (χ1n) is 8.87. The molecule has 7 nitrogen and oxygen atoms in total. The summed E-state index contributed by atoms with van der Waals surface area (Å²) in [5, 5.41) is 5.08. The molecule has 7 heteroatoms. The molecule has 1 aliphatic heterocycles. The van der Waals surface area contributed by atoms with Gasteiger partial charge in [-0.3, -0.25) is 4.79 Å². The van der Waals surface area contributed by atoms with Gasteiger partial charge in [-0.1, -0.05) is 6.92 Å². The summed E-state index contributed by atoms with van der Waals surface area (Å²) in [5.74, 6) is 1.24. The minimum Gasteiger partial charge on any atom is -0.356 e. The standard InChI is InChI=1S/C18H22N6O/c1-2-6-20-18(25)12-4-8-24(9-5-12)17-15-13-3-7-19-16(13)21-10-14(15)22-11-23-17/h3,7,10-12H,2,4-6,8-9H2,1H3,(H,20,25)(H,22,23). The van der Waals surface area contributed by atoms with Gasteiger partial charge in [0.15, 0.2) is 5.65 Å². The van der Waals surface area contributed by atoms with Crippen molar-refractivity contribution >= 4 is 33.7 Å². The molecular formula is C18H22N6O. The van der Waals surface area contributed by atoms with Gasteiger partial charge in [-0.05, 0) is 25.3 Å². The van der Waals surface area contributed by atoms with Crippen molar-refractivity contribution in [3.05, 3.63) is 24.8 Å². The highest BCUT2D eigenvalue weighted by Crippen LogP contribution is 2.31. The Morgan fingerprint density at radius 3 is 2.96 bits per heavy atom. The second-order valence-corrected chi connectivity index (χ2v) is 6.51. The van der Waals surface area contributed by atoms with E-state index in [-0.39, 0.29) is 11.8 Å². The van der Waals surface area contributed by atoms with Gasteiger partial charge in [-0.25, -0.2) is 15.0 Å². The number of carbonyl (C=O) groups is 1. The number of piperidine rings is 1. The van der Waals surface area contributed by atoms with Crippen molar-refractivity contribution in [2.24, 2.45) is 5.92 Å². The van der Waals surface area contributed by atoms with Crippen LogP contribution in [0.3, 0.4) is 0 Å². The first-order valence-corrected chi connectivity index (χ1v) is 8.87. The topological polar surface area (TPSA) is 86.8 Å². The fourth-order valence-corrected chi connectivity index (χ4v) is 3.52. The van der Waals surface area contributed by atoms with E-state index in [1.165, 1.54) is 0 Å². The normalized spacial score (nSPS) is 15.8. The number of nitrogens with one attached hydrogen (secondary N) is 2. The van der Waals surface area contributed by atoms with Crippen LogP contribution in [0, 0.1) is 5.92 Å². The molecule has 3 aromatic rings. The second-order valence-electron chi connectivity index (χ2n) is 6.51. The number of carbonyl (C=O) groups excluding carboxylic acids is 1. The van der Waals surface area contributed by atoms with Gasteiger partial charge in [0, 0.05) is 37.1 Å². The zero-order valence-corrected chi connectivity index (χ0v) is 14.3. The number of aromatic nitrogens is 4. The molecule has 4 heterocycles. The van der Waals surface area contributed by atoms with E-state index in [4.69, 9.17) is 0 Å². The van der Waals surface area contributed by atoms with Crippen LogP contribution in [0.5, 0.6) is 0 Å². The van der Waals surface area contributed by atoms with Crippen LogP contribution in [0.25, 0.3) is 21.9 Å². The maximum Gasteiger partial charge on any atom is 0.223 e. The summed E-state index contributed by atoms with van der Waals surface area (Å²) in [4.78, 5) is 30.9. The summed E-state index contributed by atoms with van der Waals surface area (Å²) < 4.78 is 0. The molecule has 0 bridgehead atoms. The summed E-state index contributed by atoms with van der Waals surface area (Å²) in [6.07, 6.45) is 7.97. The Morgan fingerprint density at radius 2 is 2.16 bits per heavy atom. The highest BCUT2D eigenvalue weighted by Gasteiger charge is 2.26. The van der Waals surface area contributed by atoms with Crippen LogP contribution in [-0.4, -0.2) is 45.5 Å². The van der Waals surface area contributed by atoms with E-state index in [9.17, 15) is 4.79 Å². The Balaban J connectivity index is 1.59. The van der Waals surface area contributed by atoms with Crippen LogP contribution in [0.4, 0.5) is 5.82 Å². The van der Waals surface area contributed by atoms with E-state index < -0.39 is 0 Å². The maximum absolute atomic E-state index is 12.2. The Morgan fingerprint density at radius 1 is 1.32 bits per heavy atom. The molecule has 3 aromatic heterocycles. The summed E-state index contributed by atoms with van der Waals surface area (Å²) >= 11 is 0. The highest BCUT2D eigenvalue weighted by atomic mass is 16.1. The summed E-state index contributed by atoms with van der Waals surface area (Å²) in [7, 11) is 0. The average Bonchev–Trinajstić information content (AvgIpc) is 3.15. The smallest absolute Gasteiger partial charge is 0.223 e. The van der Waals surface area contributed by atoms with E-state index in [1.54, 1.807) is 18.7 Å². The van der Waals surface area contributed by atoms with Crippen LogP contribution in [0.2, 0.25) is 0 Å². The average molecular weight is 338 g/mol. The quantitative estimate of drug-likeness (QED) is 0.762. The Kier molecular flexibility index (Phi) is 4.21. The molecule has 0 aliphatic carbocycles. The number of nitrogens with zero attached hydrogens (tertiary/aromatic N) is 4. The van der Waals surface area contributed by atoms with E-state index in [2.05, 4.69) is 37.1 Å². The molecule has 2 N–H and O–H groups in total. The predicted molar refractivity (Wildman–Crippen MR) is 97.4 cm³/mol. The first-order chi connectivity index (χ1) is 12.3. The maximum atomic E-state index is 12.2. The van der Waals surface area contributed by atoms with Gasteiger partial charge in [0.1, 0.15) is 5.82 Å². The molecule has 130 valence electrons. The third kappa shape index (κ3) is 2.90. The number of anilines is 1. The molecule has 0 unspecified atom stereocenters. The largest absolute Gasteiger partial charge is 0.356 e. The predicted octanol–water partition coefficient (Wildman–Crippen LogP) is 2.25. The van der Waals surface area contributed by atoms with Gasteiger partial charge in [0.2, 0.25) is 5.91 Å². The minimum absolute atomic E-state index is 0.103. The lowest BCUT2D eigenvalue weighted by Gasteiger charge is -2.32. The number of amides is 1. The van der Waals surface area contributed by atoms with Gasteiger partial charge >= 0.3 is 0 Å². The fourth-order valence-electron chi connectivity index (χ4n) is 3.52. The van der Waals surface area contributed by atoms with Crippen LogP contribution in [0.15, 0.2) is 24.8 Å². The highest BCUT2D eigenvalue weighted by molar-refractivity contribution is 6.08. The Bertz CT molecular complexity index is 897. The molecule has 25 heavy (non-hydrogen) atoms. The van der Waals surface area contributed by atoms with Crippen molar-refractivity contribution in [2.75, 3.05) is 24.5 Å². The molecule has 0 saturated carbocycles. The van der Waals surface area contributed by atoms with E-state index in [1.807, 2.05) is 6.07 Å². The first kappa shape index (κ1) is 15.8. The van der Waals surface area contributed by atoms with Crippen LogP contribution >= 0.6 is 0 Å². The summed E-state index contributed by atoms with van der Waals surface area (Å²) in [6.45, 7) is 4.48. The van der Waals surface area contributed by atoms with Crippen molar-refractivity contribution < 1.29 is 4.79 Å². The lowest BCUT2D eigenvalue weighted by Crippen LogP contribution is -2.41. The number of aromatic amines is 1.